The summed E-state index contributed by atoms with van der Waals surface area (Å²) < 4.78 is 5.29. The van der Waals surface area contributed by atoms with Crippen LogP contribution in [0.25, 0.3) is 0 Å². The molecule has 0 fully saturated rings. The third-order valence-electron chi connectivity index (χ3n) is 6.09. The lowest BCUT2D eigenvalue weighted by molar-refractivity contribution is -0.145. The lowest BCUT2D eigenvalue weighted by atomic mass is 10.0. The average molecular weight is 482 g/mol. The molecule has 2 N–H and O–H groups in total. The fourth-order valence-electron chi connectivity index (χ4n) is 4.04. The summed E-state index contributed by atoms with van der Waals surface area (Å²) in [5.41, 5.74) is 2.28. The number of ether oxygens (including phenoxy) is 1. The molecule has 0 bridgehead atoms. The molecule has 6 heteroatoms. The first-order valence-corrected chi connectivity index (χ1v) is 13.3. The predicted octanol–water partition coefficient (Wildman–Crippen LogP) is 6.32. The van der Waals surface area contributed by atoms with Crippen LogP contribution >= 0.6 is 0 Å². The number of anilines is 1. The first-order valence-electron chi connectivity index (χ1n) is 13.3. The van der Waals surface area contributed by atoms with Crippen LogP contribution in [-0.2, 0) is 16.0 Å². The van der Waals surface area contributed by atoms with E-state index in [0.29, 0.717) is 24.3 Å². The molecule has 0 unspecified atom stereocenters. The molecular formula is C29H43N3O3. The molecule has 1 aromatic carbocycles. The van der Waals surface area contributed by atoms with E-state index < -0.39 is 0 Å². The van der Waals surface area contributed by atoms with Gasteiger partial charge < -0.3 is 15.4 Å². The highest BCUT2D eigenvalue weighted by molar-refractivity contribution is 6.04. The van der Waals surface area contributed by atoms with Crippen molar-refractivity contribution >= 4 is 17.6 Å². The average Bonchev–Trinajstić information content (AvgIpc) is 2.88. The second-order valence-corrected chi connectivity index (χ2v) is 9.03. The number of nitrogens with one attached hydrogen (secondary N) is 2. The van der Waals surface area contributed by atoms with Crippen LogP contribution < -0.4 is 10.6 Å². The number of carbonyl (C=O) groups is 2. The van der Waals surface area contributed by atoms with E-state index in [2.05, 4.69) is 22.5 Å². The molecule has 35 heavy (non-hydrogen) atoms. The van der Waals surface area contributed by atoms with E-state index in [9.17, 15) is 9.59 Å². The highest BCUT2D eigenvalue weighted by atomic mass is 16.5. The van der Waals surface area contributed by atoms with Crippen LogP contribution in [0.2, 0.25) is 0 Å². The minimum Gasteiger partial charge on any atom is -0.465 e. The molecule has 0 aliphatic carbocycles. The molecular weight excluding hydrogens is 438 g/mol. The lowest BCUT2D eigenvalue weighted by Gasteiger charge is -2.18. The van der Waals surface area contributed by atoms with E-state index in [1.54, 1.807) is 24.5 Å². The Kier molecular flexibility index (Phi) is 14.4. The van der Waals surface area contributed by atoms with Crippen LogP contribution in [-0.4, -0.2) is 36.1 Å². The number of rotatable bonds is 18. The number of unbranched alkanes of at least 4 members (excludes halogenated alkanes) is 9. The van der Waals surface area contributed by atoms with Gasteiger partial charge in [-0.15, -0.1) is 0 Å². The van der Waals surface area contributed by atoms with Crippen LogP contribution in [0.5, 0.6) is 0 Å². The zero-order valence-electron chi connectivity index (χ0n) is 21.6. The maximum Gasteiger partial charge on any atom is 0.323 e. The summed E-state index contributed by atoms with van der Waals surface area (Å²) in [7, 11) is 0. The van der Waals surface area contributed by atoms with Gasteiger partial charge in [0.1, 0.15) is 6.04 Å². The van der Waals surface area contributed by atoms with E-state index >= 15 is 0 Å². The molecule has 0 saturated carbocycles. The van der Waals surface area contributed by atoms with Gasteiger partial charge in [0.25, 0.3) is 5.91 Å². The number of hydrogen-bond donors (Lipinski definition) is 2. The van der Waals surface area contributed by atoms with Gasteiger partial charge in [-0.3, -0.25) is 14.6 Å². The van der Waals surface area contributed by atoms with Crippen molar-refractivity contribution in [1.82, 2.24) is 10.3 Å². The molecule has 1 atom stereocenters. The number of esters is 1. The van der Waals surface area contributed by atoms with Gasteiger partial charge in [0, 0.05) is 23.6 Å². The van der Waals surface area contributed by atoms with Crippen LogP contribution in [0.15, 0.2) is 48.8 Å². The molecule has 0 aliphatic heterocycles. The van der Waals surface area contributed by atoms with Crippen molar-refractivity contribution in [2.45, 2.75) is 90.5 Å². The topological polar surface area (TPSA) is 80.3 Å². The molecule has 0 radical (unpaired) electrons. The van der Waals surface area contributed by atoms with E-state index in [4.69, 9.17) is 4.74 Å². The summed E-state index contributed by atoms with van der Waals surface area (Å²) >= 11 is 0. The fourth-order valence-corrected chi connectivity index (χ4v) is 4.04. The van der Waals surface area contributed by atoms with Gasteiger partial charge in [-0.2, -0.15) is 0 Å². The summed E-state index contributed by atoms with van der Waals surface area (Å²) in [6.07, 6.45) is 16.6. The van der Waals surface area contributed by atoms with E-state index in [1.807, 2.05) is 31.2 Å². The van der Waals surface area contributed by atoms with Gasteiger partial charge in [0.05, 0.1) is 6.61 Å². The largest absolute Gasteiger partial charge is 0.465 e. The Labute approximate surface area is 211 Å². The maximum absolute atomic E-state index is 12.5. The molecule has 0 saturated heterocycles. The van der Waals surface area contributed by atoms with E-state index in [-0.39, 0.29) is 17.9 Å². The van der Waals surface area contributed by atoms with Crippen molar-refractivity contribution in [2.75, 3.05) is 18.5 Å². The maximum atomic E-state index is 12.5. The third kappa shape index (κ3) is 12.0. The number of carbonyl (C=O) groups excluding carboxylic acids is 2. The Morgan fingerprint density at radius 2 is 1.43 bits per heavy atom. The van der Waals surface area contributed by atoms with Crippen LogP contribution in [0.4, 0.5) is 5.69 Å². The molecule has 2 rings (SSSR count). The smallest absolute Gasteiger partial charge is 0.323 e. The van der Waals surface area contributed by atoms with Gasteiger partial charge in [-0.1, -0.05) is 76.8 Å². The van der Waals surface area contributed by atoms with Crippen LogP contribution in [0, 0.1) is 0 Å². The second kappa shape index (κ2) is 17.7. The van der Waals surface area contributed by atoms with E-state index in [0.717, 1.165) is 18.5 Å². The first kappa shape index (κ1) is 28.5. The lowest BCUT2D eigenvalue weighted by Crippen LogP contribution is -2.40. The molecule has 192 valence electrons. The number of aromatic nitrogens is 1. The summed E-state index contributed by atoms with van der Waals surface area (Å²) in [6.45, 7) is 5.26. The summed E-state index contributed by atoms with van der Waals surface area (Å²) in [6, 6.07) is 10.6. The van der Waals surface area contributed by atoms with Crippen molar-refractivity contribution in [1.29, 1.82) is 0 Å². The standard InChI is InChI=1S/C29H43N3O3/c1-3-5-6-7-8-9-10-11-12-13-20-31-27(29(34)35-4-2)23-24-14-16-26(17-15-24)32-28(33)25-18-21-30-22-19-25/h14-19,21-22,27,31H,3-13,20,23H2,1-2H3,(H,32,33)/t27-/m0/s1. The van der Waals surface area contributed by atoms with Crippen molar-refractivity contribution < 1.29 is 14.3 Å². The highest BCUT2D eigenvalue weighted by Crippen LogP contribution is 2.14. The number of hydrogen-bond acceptors (Lipinski definition) is 5. The van der Waals surface area contributed by atoms with Crippen molar-refractivity contribution in [3.8, 4) is 0 Å². The molecule has 1 heterocycles. The van der Waals surface area contributed by atoms with Gasteiger partial charge in [-0.05, 0) is 56.1 Å². The summed E-state index contributed by atoms with van der Waals surface area (Å²) in [5, 5.41) is 6.28. The van der Waals surface area contributed by atoms with Gasteiger partial charge in [0.2, 0.25) is 0 Å². The Morgan fingerprint density at radius 1 is 0.829 bits per heavy atom. The van der Waals surface area contributed by atoms with Crippen LogP contribution in [0.3, 0.4) is 0 Å². The Balaban J connectivity index is 1.73. The molecule has 6 nitrogen and oxygen atoms in total. The summed E-state index contributed by atoms with van der Waals surface area (Å²) in [4.78, 5) is 28.7. The van der Waals surface area contributed by atoms with Crippen molar-refractivity contribution in [3.63, 3.8) is 0 Å². The molecule has 1 amide bonds. The summed E-state index contributed by atoms with van der Waals surface area (Å²) in [5.74, 6) is -0.391. The normalized spacial score (nSPS) is 11.7. The fraction of sp³-hybridized carbons (Fsp3) is 0.552. The van der Waals surface area contributed by atoms with Gasteiger partial charge in [0.15, 0.2) is 0 Å². The quantitative estimate of drug-likeness (QED) is 0.192. The molecule has 0 spiro atoms. The second-order valence-electron chi connectivity index (χ2n) is 9.03. The first-order chi connectivity index (χ1) is 17.1. The highest BCUT2D eigenvalue weighted by Gasteiger charge is 2.19. The Morgan fingerprint density at radius 3 is 2.03 bits per heavy atom. The number of nitrogens with zero attached hydrogens (tertiary/aromatic N) is 1. The minimum atomic E-state index is -0.370. The number of amides is 1. The SMILES string of the molecule is CCCCCCCCCCCCN[C@@H](Cc1ccc(NC(=O)c2ccncc2)cc1)C(=O)OCC. The van der Waals surface area contributed by atoms with Crippen LogP contribution in [0.1, 0.15) is 94.0 Å². The minimum absolute atomic E-state index is 0.178. The molecule has 1 aromatic heterocycles. The zero-order valence-corrected chi connectivity index (χ0v) is 21.6. The van der Waals surface area contributed by atoms with Gasteiger partial charge >= 0.3 is 5.97 Å². The predicted molar refractivity (Wildman–Crippen MR) is 143 cm³/mol. The van der Waals surface area contributed by atoms with Crippen molar-refractivity contribution in [2.24, 2.45) is 0 Å². The Hall–Kier alpha value is -2.73. The monoisotopic (exact) mass is 481 g/mol. The molecule has 0 aliphatic rings. The number of benzene rings is 1. The number of pyridine rings is 1. The van der Waals surface area contributed by atoms with Gasteiger partial charge in [-0.25, -0.2) is 0 Å². The third-order valence-corrected chi connectivity index (χ3v) is 6.09. The Bertz CT molecular complexity index is 840. The van der Waals surface area contributed by atoms with E-state index in [1.165, 1.54) is 57.8 Å². The van der Waals surface area contributed by atoms with Crippen molar-refractivity contribution in [3.05, 3.63) is 59.9 Å². The molecule has 2 aromatic rings. The zero-order chi connectivity index (χ0) is 25.1.